The van der Waals surface area contributed by atoms with Crippen LogP contribution in [0, 0.1) is 26.6 Å². The summed E-state index contributed by atoms with van der Waals surface area (Å²) in [7, 11) is 0. The van der Waals surface area contributed by atoms with Gasteiger partial charge in [0.25, 0.3) is 0 Å². The van der Waals surface area contributed by atoms with Crippen molar-refractivity contribution in [3.63, 3.8) is 0 Å². The molecule has 30 heavy (non-hydrogen) atoms. The molecule has 2 aromatic carbocycles. The second-order valence-electron chi connectivity index (χ2n) is 8.47. The smallest absolute Gasteiger partial charge is 0.307 e. The van der Waals surface area contributed by atoms with Crippen molar-refractivity contribution in [2.75, 3.05) is 6.61 Å². The molecule has 0 heterocycles. The lowest BCUT2D eigenvalue weighted by atomic mass is 9.88. The molecule has 0 saturated heterocycles. The molecule has 0 amide bonds. The Morgan fingerprint density at radius 3 is 2.37 bits per heavy atom. The molecule has 2 aromatic rings. The van der Waals surface area contributed by atoms with Gasteiger partial charge in [0.15, 0.2) is 0 Å². The summed E-state index contributed by atoms with van der Waals surface area (Å²) in [6, 6.07) is 8.98. The van der Waals surface area contributed by atoms with Gasteiger partial charge in [-0.05, 0) is 82.3 Å². The largest absolute Gasteiger partial charge is 0.598 e. The van der Waals surface area contributed by atoms with E-state index in [4.69, 9.17) is 4.74 Å². The summed E-state index contributed by atoms with van der Waals surface area (Å²) >= 11 is -1.49. The summed E-state index contributed by atoms with van der Waals surface area (Å²) < 4.78 is 35.8. The summed E-state index contributed by atoms with van der Waals surface area (Å²) in [5, 5.41) is 0. The van der Waals surface area contributed by atoms with Crippen LogP contribution < -0.4 is 4.72 Å². The van der Waals surface area contributed by atoms with Gasteiger partial charge in [-0.25, -0.2) is 4.39 Å². The van der Waals surface area contributed by atoms with E-state index in [0.717, 1.165) is 22.3 Å². The molecule has 0 aliphatic carbocycles. The minimum Gasteiger partial charge on any atom is -0.598 e. The fraction of sp³-hybridized carbons (Fsp3) is 0.458. The van der Waals surface area contributed by atoms with Crippen LogP contribution in [0.4, 0.5) is 4.39 Å². The Labute approximate surface area is 182 Å². The Morgan fingerprint density at radius 2 is 1.80 bits per heavy atom. The van der Waals surface area contributed by atoms with Crippen LogP contribution in [-0.2, 0) is 20.9 Å². The summed E-state index contributed by atoms with van der Waals surface area (Å²) in [5.41, 5.74) is 4.54. The zero-order valence-corrected chi connectivity index (χ0v) is 19.7. The molecule has 2 unspecified atom stereocenters. The zero-order chi connectivity index (χ0) is 22.6. The second kappa shape index (κ2) is 9.94. The number of carbonyl (C=O) groups excluding carboxylic acids is 1. The van der Waals surface area contributed by atoms with Crippen molar-refractivity contribution < 1.29 is 18.5 Å². The van der Waals surface area contributed by atoms with E-state index in [2.05, 4.69) is 4.72 Å². The van der Waals surface area contributed by atoms with Crippen molar-refractivity contribution in [1.29, 1.82) is 0 Å². The van der Waals surface area contributed by atoms with Gasteiger partial charge in [0.2, 0.25) is 0 Å². The van der Waals surface area contributed by atoms with Crippen molar-refractivity contribution in [2.24, 2.45) is 0 Å². The highest BCUT2D eigenvalue weighted by Crippen LogP contribution is 2.36. The van der Waals surface area contributed by atoms with E-state index in [9.17, 15) is 9.35 Å². The van der Waals surface area contributed by atoms with Gasteiger partial charge in [-0.1, -0.05) is 24.3 Å². The molecule has 2 rings (SSSR count). The lowest BCUT2D eigenvalue weighted by Gasteiger charge is -2.29. The quantitative estimate of drug-likeness (QED) is 0.465. The number of esters is 1. The first-order chi connectivity index (χ1) is 14.0. The van der Waals surface area contributed by atoms with Gasteiger partial charge >= 0.3 is 5.97 Å². The topological polar surface area (TPSA) is 61.4 Å². The molecule has 0 spiro atoms. The van der Waals surface area contributed by atoms with Crippen LogP contribution in [-0.4, -0.2) is 21.9 Å². The molecule has 0 aliphatic rings. The van der Waals surface area contributed by atoms with Crippen LogP contribution in [0.3, 0.4) is 0 Å². The molecule has 4 nitrogen and oxygen atoms in total. The molecule has 0 bridgehead atoms. The molecule has 0 saturated carbocycles. The predicted molar refractivity (Wildman–Crippen MR) is 121 cm³/mol. The maximum absolute atomic E-state index is 15.4. The SMILES string of the molecule is CCOC(=O)CC(N[S+]([O-])C(C)(C)C)c1c(C)c(-c2ccccc2C)cc(C)c1F. The number of hydrogen-bond donors (Lipinski definition) is 1. The third kappa shape index (κ3) is 5.62. The Balaban J connectivity index is 2.64. The van der Waals surface area contributed by atoms with Crippen molar-refractivity contribution in [3.05, 3.63) is 58.4 Å². The van der Waals surface area contributed by atoms with Crippen LogP contribution in [0.1, 0.15) is 62.4 Å². The number of hydrogen-bond acceptors (Lipinski definition) is 4. The summed E-state index contributed by atoms with van der Waals surface area (Å²) in [6.07, 6.45) is -0.107. The average molecular weight is 434 g/mol. The molecule has 0 aliphatic heterocycles. The van der Waals surface area contributed by atoms with Gasteiger partial charge in [0.1, 0.15) is 10.6 Å². The Hall–Kier alpha value is -1.89. The van der Waals surface area contributed by atoms with Crippen LogP contribution >= 0.6 is 0 Å². The van der Waals surface area contributed by atoms with Gasteiger partial charge in [-0.2, -0.15) is 0 Å². The molecular formula is C24H32FNO3S. The minimum absolute atomic E-state index is 0.107. The van der Waals surface area contributed by atoms with E-state index in [1.54, 1.807) is 13.8 Å². The van der Waals surface area contributed by atoms with Crippen LogP contribution in [0.5, 0.6) is 0 Å². The molecule has 164 valence electrons. The highest BCUT2D eigenvalue weighted by atomic mass is 32.2. The number of benzene rings is 2. The second-order valence-corrected chi connectivity index (χ2v) is 10.5. The van der Waals surface area contributed by atoms with Crippen molar-refractivity contribution in [1.82, 2.24) is 4.72 Å². The monoisotopic (exact) mass is 433 g/mol. The van der Waals surface area contributed by atoms with Crippen molar-refractivity contribution in [2.45, 2.75) is 65.7 Å². The Kier molecular flexibility index (Phi) is 8.08. The first-order valence-electron chi connectivity index (χ1n) is 10.2. The number of ether oxygens (including phenoxy) is 1. The lowest BCUT2D eigenvalue weighted by Crippen LogP contribution is -2.42. The molecular weight excluding hydrogens is 401 g/mol. The summed E-state index contributed by atoms with van der Waals surface area (Å²) in [5.74, 6) is -0.851. The summed E-state index contributed by atoms with van der Waals surface area (Å²) in [6.45, 7) is 13.0. The van der Waals surface area contributed by atoms with E-state index >= 15 is 4.39 Å². The summed E-state index contributed by atoms with van der Waals surface area (Å²) in [4.78, 5) is 12.3. The predicted octanol–water partition coefficient (Wildman–Crippen LogP) is 5.46. The van der Waals surface area contributed by atoms with E-state index in [-0.39, 0.29) is 13.0 Å². The van der Waals surface area contributed by atoms with Gasteiger partial charge in [-0.15, -0.1) is 4.72 Å². The zero-order valence-electron chi connectivity index (χ0n) is 18.9. The fourth-order valence-corrected chi connectivity index (χ4v) is 4.19. The third-order valence-corrected chi connectivity index (χ3v) is 6.63. The number of rotatable bonds is 7. The van der Waals surface area contributed by atoms with Crippen LogP contribution in [0.2, 0.25) is 0 Å². The van der Waals surface area contributed by atoms with Gasteiger partial charge < -0.3 is 9.29 Å². The minimum atomic E-state index is -1.49. The average Bonchev–Trinajstić information content (AvgIpc) is 2.65. The Morgan fingerprint density at radius 1 is 1.17 bits per heavy atom. The molecule has 0 aromatic heterocycles. The first-order valence-corrected chi connectivity index (χ1v) is 11.3. The number of nitrogens with one attached hydrogen (secondary N) is 1. The highest BCUT2D eigenvalue weighted by Gasteiger charge is 2.34. The normalized spacial score (nSPS) is 13.8. The van der Waals surface area contributed by atoms with Gasteiger partial charge in [0.05, 0.1) is 19.1 Å². The number of halogens is 1. The van der Waals surface area contributed by atoms with Crippen LogP contribution in [0.15, 0.2) is 30.3 Å². The number of aryl methyl sites for hydroxylation is 2. The highest BCUT2D eigenvalue weighted by molar-refractivity contribution is 7.90. The van der Waals surface area contributed by atoms with E-state index < -0.39 is 33.9 Å². The molecule has 1 N–H and O–H groups in total. The number of carbonyl (C=O) groups is 1. The maximum Gasteiger partial charge on any atom is 0.307 e. The first kappa shape index (κ1) is 24.4. The van der Waals surface area contributed by atoms with Crippen LogP contribution in [0.25, 0.3) is 11.1 Å². The molecule has 0 fully saturated rings. The fourth-order valence-electron chi connectivity index (χ4n) is 3.37. The van der Waals surface area contributed by atoms with E-state index in [1.165, 1.54) is 0 Å². The Bertz CT molecular complexity index is 908. The van der Waals surface area contributed by atoms with Crippen molar-refractivity contribution in [3.8, 4) is 11.1 Å². The molecule has 6 heteroatoms. The van der Waals surface area contributed by atoms with Gasteiger partial charge in [0, 0.05) is 16.9 Å². The standard InChI is InChI=1S/C24H32FNO3S/c1-8-29-21(27)14-20(26-30(28)24(5,6)7)22-17(4)19(13-16(3)23(22)25)18-12-10-9-11-15(18)2/h9-13,20,26H,8,14H2,1-7H3. The lowest BCUT2D eigenvalue weighted by molar-refractivity contribution is -0.143. The third-order valence-electron chi connectivity index (χ3n) is 5.02. The van der Waals surface area contributed by atoms with Gasteiger partial charge in [-0.3, -0.25) is 4.79 Å². The van der Waals surface area contributed by atoms with E-state index in [0.29, 0.717) is 11.1 Å². The maximum atomic E-state index is 15.4. The molecule has 2 atom stereocenters. The molecule has 0 radical (unpaired) electrons. The van der Waals surface area contributed by atoms with Crippen molar-refractivity contribution >= 4 is 17.3 Å². The van der Waals surface area contributed by atoms with E-state index in [1.807, 2.05) is 65.0 Å².